The molecule has 0 aliphatic carbocycles. The van der Waals surface area contributed by atoms with Gasteiger partial charge in [-0.2, -0.15) is 0 Å². The Bertz CT molecular complexity index is 608. The van der Waals surface area contributed by atoms with E-state index in [1.807, 2.05) is 39.0 Å². The third kappa shape index (κ3) is 4.71. The average molecular weight is 333 g/mol. The molecule has 2 rings (SSSR count). The van der Waals surface area contributed by atoms with Crippen LogP contribution in [-0.2, 0) is 4.74 Å². The minimum Gasteiger partial charge on any atom is -0.444 e. The molecule has 1 unspecified atom stereocenters. The molecule has 6 heteroatoms. The van der Waals surface area contributed by atoms with Gasteiger partial charge in [-0.3, -0.25) is 4.79 Å². The van der Waals surface area contributed by atoms with E-state index < -0.39 is 5.60 Å². The molecular formula is C18H27N3O3. The molecule has 1 aliphatic heterocycles. The summed E-state index contributed by atoms with van der Waals surface area (Å²) in [6.45, 7) is 7.41. The van der Waals surface area contributed by atoms with Crippen molar-refractivity contribution in [1.82, 2.24) is 15.1 Å². The number of rotatable bonds is 2. The van der Waals surface area contributed by atoms with E-state index in [0.29, 0.717) is 25.2 Å². The number of piperazine rings is 1. The second-order valence-corrected chi connectivity index (χ2v) is 7.26. The molecule has 2 amide bonds. The smallest absolute Gasteiger partial charge is 0.410 e. The minimum absolute atomic E-state index is 0.0128. The summed E-state index contributed by atoms with van der Waals surface area (Å²) in [7, 11) is 3.47. The van der Waals surface area contributed by atoms with Gasteiger partial charge in [-0.05, 0) is 38.5 Å². The van der Waals surface area contributed by atoms with Crippen molar-refractivity contribution < 1.29 is 14.3 Å². The van der Waals surface area contributed by atoms with Crippen LogP contribution in [0.25, 0.3) is 0 Å². The zero-order valence-corrected chi connectivity index (χ0v) is 15.1. The normalized spacial score (nSPS) is 18.2. The first-order valence-corrected chi connectivity index (χ1v) is 8.20. The van der Waals surface area contributed by atoms with Gasteiger partial charge >= 0.3 is 6.09 Å². The fraction of sp³-hybridized carbons (Fsp3) is 0.556. The Morgan fingerprint density at radius 2 is 2.00 bits per heavy atom. The monoisotopic (exact) mass is 333 g/mol. The van der Waals surface area contributed by atoms with Crippen molar-refractivity contribution in [3.05, 3.63) is 35.4 Å². The lowest BCUT2D eigenvalue weighted by Gasteiger charge is -2.35. The zero-order valence-electron chi connectivity index (χ0n) is 15.1. The number of amides is 2. The Balaban J connectivity index is 2.11. The SMILES string of the molecule is CN(C)C(=O)c1cccc(C2CN(C(=O)OC(C)(C)C)CCN2)c1. The number of benzene rings is 1. The molecule has 1 aromatic rings. The van der Waals surface area contributed by atoms with Crippen LogP contribution in [0.15, 0.2) is 24.3 Å². The molecular weight excluding hydrogens is 306 g/mol. The molecule has 1 fully saturated rings. The van der Waals surface area contributed by atoms with Crippen LogP contribution >= 0.6 is 0 Å². The van der Waals surface area contributed by atoms with Crippen LogP contribution in [0.3, 0.4) is 0 Å². The average Bonchev–Trinajstić information content (AvgIpc) is 2.52. The van der Waals surface area contributed by atoms with Crippen molar-refractivity contribution >= 4 is 12.0 Å². The van der Waals surface area contributed by atoms with Gasteiger partial charge in [0.05, 0.1) is 6.04 Å². The number of nitrogens with one attached hydrogen (secondary N) is 1. The van der Waals surface area contributed by atoms with Gasteiger partial charge in [0.25, 0.3) is 5.91 Å². The van der Waals surface area contributed by atoms with Gasteiger partial charge in [-0.1, -0.05) is 12.1 Å². The van der Waals surface area contributed by atoms with Crippen molar-refractivity contribution in [3.63, 3.8) is 0 Å². The molecule has 1 aliphatic rings. The molecule has 0 aromatic heterocycles. The Kier molecular flexibility index (Phi) is 5.49. The fourth-order valence-electron chi connectivity index (χ4n) is 2.61. The maximum Gasteiger partial charge on any atom is 0.410 e. The molecule has 0 bridgehead atoms. The van der Waals surface area contributed by atoms with E-state index in [1.54, 1.807) is 30.0 Å². The number of carbonyl (C=O) groups excluding carboxylic acids is 2. The van der Waals surface area contributed by atoms with Crippen LogP contribution in [0.1, 0.15) is 42.7 Å². The predicted octanol–water partition coefficient (Wildman–Crippen LogP) is 2.27. The molecule has 1 aromatic carbocycles. The summed E-state index contributed by atoms with van der Waals surface area (Å²) in [5.74, 6) is -0.0309. The number of carbonyl (C=O) groups is 2. The summed E-state index contributed by atoms with van der Waals surface area (Å²) >= 11 is 0. The van der Waals surface area contributed by atoms with Gasteiger partial charge in [-0.25, -0.2) is 4.79 Å². The maximum absolute atomic E-state index is 12.3. The van der Waals surface area contributed by atoms with E-state index in [0.717, 1.165) is 5.56 Å². The molecule has 0 radical (unpaired) electrons. The lowest BCUT2D eigenvalue weighted by molar-refractivity contribution is 0.0195. The molecule has 132 valence electrons. The van der Waals surface area contributed by atoms with Crippen LogP contribution in [0, 0.1) is 0 Å². The van der Waals surface area contributed by atoms with E-state index in [4.69, 9.17) is 4.74 Å². The van der Waals surface area contributed by atoms with Crippen LogP contribution in [0.4, 0.5) is 4.79 Å². The van der Waals surface area contributed by atoms with Crippen molar-refractivity contribution in [2.45, 2.75) is 32.4 Å². The molecule has 0 saturated carbocycles. The highest BCUT2D eigenvalue weighted by Crippen LogP contribution is 2.20. The molecule has 6 nitrogen and oxygen atoms in total. The lowest BCUT2D eigenvalue weighted by Crippen LogP contribution is -2.49. The van der Waals surface area contributed by atoms with E-state index in [-0.39, 0.29) is 18.0 Å². The van der Waals surface area contributed by atoms with Crippen molar-refractivity contribution in [2.24, 2.45) is 0 Å². The number of hydrogen-bond donors (Lipinski definition) is 1. The zero-order chi connectivity index (χ0) is 17.9. The Morgan fingerprint density at radius 1 is 1.29 bits per heavy atom. The van der Waals surface area contributed by atoms with E-state index in [1.165, 1.54) is 0 Å². The Morgan fingerprint density at radius 3 is 2.62 bits per heavy atom. The van der Waals surface area contributed by atoms with Gasteiger partial charge in [-0.15, -0.1) is 0 Å². The predicted molar refractivity (Wildman–Crippen MR) is 93.0 cm³/mol. The van der Waals surface area contributed by atoms with Gasteiger partial charge in [0.15, 0.2) is 0 Å². The van der Waals surface area contributed by atoms with Gasteiger partial charge in [0.1, 0.15) is 5.60 Å². The summed E-state index contributed by atoms with van der Waals surface area (Å²) < 4.78 is 5.45. The highest BCUT2D eigenvalue weighted by atomic mass is 16.6. The Hall–Kier alpha value is -2.08. The van der Waals surface area contributed by atoms with Crippen molar-refractivity contribution in [2.75, 3.05) is 33.7 Å². The molecule has 1 heterocycles. The third-order valence-electron chi connectivity index (χ3n) is 3.77. The summed E-state index contributed by atoms with van der Waals surface area (Å²) in [6, 6.07) is 7.53. The third-order valence-corrected chi connectivity index (χ3v) is 3.77. The summed E-state index contributed by atoms with van der Waals surface area (Å²) in [5.41, 5.74) is 1.14. The molecule has 24 heavy (non-hydrogen) atoms. The standard InChI is InChI=1S/C18H27N3O3/c1-18(2,3)24-17(23)21-10-9-19-15(12-21)13-7-6-8-14(11-13)16(22)20(4)5/h6-8,11,15,19H,9-10,12H2,1-5H3. The van der Waals surface area contributed by atoms with Gasteiger partial charge in [0.2, 0.25) is 0 Å². The first-order valence-electron chi connectivity index (χ1n) is 8.20. The molecule has 1 N–H and O–H groups in total. The molecule has 1 atom stereocenters. The largest absolute Gasteiger partial charge is 0.444 e. The van der Waals surface area contributed by atoms with Crippen LogP contribution in [0.2, 0.25) is 0 Å². The number of nitrogens with zero attached hydrogens (tertiary/aromatic N) is 2. The minimum atomic E-state index is -0.504. The highest BCUT2D eigenvalue weighted by Gasteiger charge is 2.28. The van der Waals surface area contributed by atoms with Gasteiger partial charge in [0, 0.05) is 39.3 Å². The Labute approximate surface area is 143 Å². The first kappa shape index (κ1) is 18.3. The summed E-state index contributed by atoms with van der Waals surface area (Å²) in [4.78, 5) is 27.7. The molecule has 0 spiro atoms. The van der Waals surface area contributed by atoms with E-state index in [2.05, 4.69) is 5.32 Å². The highest BCUT2D eigenvalue weighted by molar-refractivity contribution is 5.94. The number of hydrogen-bond acceptors (Lipinski definition) is 4. The number of ether oxygens (including phenoxy) is 1. The second-order valence-electron chi connectivity index (χ2n) is 7.26. The van der Waals surface area contributed by atoms with E-state index >= 15 is 0 Å². The summed E-state index contributed by atoms with van der Waals surface area (Å²) in [5, 5.41) is 3.40. The van der Waals surface area contributed by atoms with Crippen LogP contribution in [0.5, 0.6) is 0 Å². The second kappa shape index (κ2) is 7.21. The topological polar surface area (TPSA) is 61.9 Å². The van der Waals surface area contributed by atoms with Crippen LogP contribution in [-0.4, -0.2) is 61.1 Å². The first-order chi connectivity index (χ1) is 11.2. The van der Waals surface area contributed by atoms with Crippen LogP contribution < -0.4 is 5.32 Å². The van der Waals surface area contributed by atoms with Gasteiger partial charge < -0.3 is 19.9 Å². The van der Waals surface area contributed by atoms with Crippen molar-refractivity contribution in [3.8, 4) is 0 Å². The fourth-order valence-corrected chi connectivity index (χ4v) is 2.61. The quantitative estimate of drug-likeness (QED) is 0.902. The lowest BCUT2D eigenvalue weighted by atomic mass is 10.0. The summed E-state index contributed by atoms with van der Waals surface area (Å²) in [6.07, 6.45) is -0.297. The maximum atomic E-state index is 12.3. The molecule has 1 saturated heterocycles. The van der Waals surface area contributed by atoms with E-state index in [9.17, 15) is 9.59 Å². The van der Waals surface area contributed by atoms with Crippen molar-refractivity contribution in [1.29, 1.82) is 0 Å².